The maximum absolute atomic E-state index is 12.9. The van der Waals surface area contributed by atoms with Crippen LogP contribution in [0.4, 0.5) is 5.82 Å². The summed E-state index contributed by atoms with van der Waals surface area (Å²) in [6.45, 7) is 1.99. The van der Waals surface area contributed by atoms with Gasteiger partial charge < -0.3 is 10.4 Å². The van der Waals surface area contributed by atoms with E-state index in [1.807, 2.05) is 19.1 Å². The van der Waals surface area contributed by atoms with Crippen LogP contribution < -0.4 is 5.32 Å². The quantitative estimate of drug-likeness (QED) is 0.878. The van der Waals surface area contributed by atoms with Crippen molar-refractivity contribution < 1.29 is 9.90 Å². The summed E-state index contributed by atoms with van der Waals surface area (Å²) in [5, 5.41) is 13.7. The summed E-state index contributed by atoms with van der Waals surface area (Å²) >= 11 is 0. The predicted octanol–water partition coefficient (Wildman–Crippen LogP) is 2.66. The van der Waals surface area contributed by atoms with Crippen LogP contribution in [0.3, 0.4) is 0 Å². The van der Waals surface area contributed by atoms with Crippen LogP contribution in [0.15, 0.2) is 18.3 Å². The molecule has 0 saturated heterocycles. The molecule has 5 rings (SSSR count). The minimum atomic E-state index is -0.596. The van der Waals surface area contributed by atoms with Gasteiger partial charge in [-0.15, -0.1) is 0 Å². The molecule has 4 saturated carbocycles. The number of hydrogen-bond acceptors (Lipinski definition) is 3. The number of carbonyl (C=O) groups is 1. The molecule has 0 spiro atoms. The summed E-state index contributed by atoms with van der Waals surface area (Å²) in [6, 6.07) is 3.82. The number of aliphatic hydroxyl groups is 1. The summed E-state index contributed by atoms with van der Waals surface area (Å²) in [7, 11) is 0. The molecule has 0 radical (unpaired) electrons. The number of hydrogen-bond donors (Lipinski definition) is 2. The molecule has 1 heterocycles. The van der Waals surface area contributed by atoms with Crippen LogP contribution >= 0.6 is 0 Å². The molecule has 0 aromatic carbocycles. The first-order valence-electron chi connectivity index (χ1n) is 7.93. The van der Waals surface area contributed by atoms with Gasteiger partial charge in [-0.1, -0.05) is 0 Å². The fraction of sp³-hybridized carbons (Fsp3) is 0.647. The topological polar surface area (TPSA) is 62.2 Å². The molecule has 2 atom stereocenters. The first-order valence-corrected chi connectivity index (χ1v) is 7.93. The lowest BCUT2D eigenvalue weighted by molar-refractivity contribution is -0.174. The largest absolute Gasteiger partial charge is 0.390 e. The lowest BCUT2D eigenvalue weighted by atomic mass is 9.47. The average molecular weight is 286 g/mol. The van der Waals surface area contributed by atoms with Crippen molar-refractivity contribution in [2.45, 2.75) is 51.0 Å². The van der Waals surface area contributed by atoms with Gasteiger partial charge in [0.05, 0.1) is 11.0 Å². The molecule has 0 aliphatic heterocycles. The van der Waals surface area contributed by atoms with Crippen molar-refractivity contribution in [3.05, 3.63) is 23.9 Å². The summed E-state index contributed by atoms with van der Waals surface area (Å²) in [5.74, 6) is 1.73. The van der Waals surface area contributed by atoms with E-state index in [1.165, 1.54) is 6.42 Å². The molecule has 4 aliphatic rings. The van der Waals surface area contributed by atoms with Gasteiger partial charge in [-0.3, -0.25) is 4.79 Å². The Morgan fingerprint density at radius 1 is 1.33 bits per heavy atom. The third kappa shape index (κ3) is 2.16. The minimum absolute atomic E-state index is 0.0631. The standard InChI is InChI=1S/C17H22N2O2/c1-11-2-3-18-14(4-11)19-15(20)16-6-12-5-13(7-16)9-17(21,8-12)10-16/h2-4,12-13,21H,5-10H2,1H3,(H,18,19,20)/t12-,13-,16?,17?/m1/s1. The van der Waals surface area contributed by atoms with Gasteiger partial charge in [0.25, 0.3) is 0 Å². The normalized spacial score (nSPS) is 40.3. The van der Waals surface area contributed by atoms with Crippen molar-refractivity contribution in [1.82, 2.24) is 4.98 Å². The van der Waals surface area contributed by atoms with Crippen molar-refractivity contribution in [3.8, 4) is 0 Å². The molecule has 21 heavy (non-hydrogen) atoms. The second-order valence-corrected chi connectivity index (χ2v) is 7.64. The Labute approximate surface area is 125 Å². The molecule has 4 bridgehead atoms. The van der Waals surface area contributed by atoms with Gasteiger partial charge in [0.15, 0.2) is 0 Å². The molecule has 1 amide bonds. The Hall–Kier alpha value is -1.42. The minimum Gasteiger partial charge on any atom is -0.390 e. The van der Waals surface area contributed by atoms with Crippen LogP contribution in [-0.2, 0) is 4.79 Å². The van der Waals surface area contributed by atoms with E-state index in [4.69, 9.17) is 0 Å². The second-order valence-electron chi connectivity index (χ2n) is 7.64. The maximum atomic E-state index is 12.9. The Morgan fingerprint density at radius 2 is 2.05 bits per heavy atom. The van der Waals surface area contributed by atoms with E-state index >= 15 is 0 Å². The van der Waals surface area contributed by atoms with Crippen molar-refractivity contribution in [2.75, 3.05) is 5.32 Å². The number of rotatable bonds is 2. The zero-order chi connectivity index (χ0) is 14.7. The Kier molecular flexibility index (Phi) is 2.71. The van der Waals surface area contributed by atoms with E-state index < -0.39 is 5.60 Å². The van der Waals surface area contributed by atoms with E-state index in [1.54, 1.807) is 6.20 Å². The summed E-state index contributed by atoms with van der Waals surface area (Å²) in [6.07, 6.45) is 7.19. The number of carbonyl (C=O) groups excluding carboxylic acids is 1. The fourth-order valence-electron chi connectivity index (χ4n) is 5.33. The fourth-order valence-corrected chi connectivity index (χ4v) is 5.33. The molecule has 4 nitrogen and oxygen atoms in total. The van der Waals surface area contributed by atoms with Crippen molar-refractivity contribution in [1.29, 1.82) is 0 Å². The number of anilines is 1. The Bertz CT molecular complexity index is 584. The van der Waals surface area contributed by atoms with Crippen LogP contribution in [0.2, 0.25) is 0 Å². The van der Waals surface area contributed by atoms with E-state index in [9.17, 15) is 9.90 Å². The molecule has 1 aromatic heterocycles. The molecular formula is C17H22N2O2. The summed E-state index contributed by atoms with van der Waals surface area (Å²) < 4.78 is 0. The number of nitrogens with one attached hydrogen (secondary N) is 1. The molecule has 1 aromatic rings. The summed E-state index contributed by atoms with van der Waals surface area (Å²) in [5.41, 5.74) is 0.121. The zero-order valence-electron chi connectivity index (χ0n) is 12.4. The SMILES string of the molecule is Cc1ccnc(NC(=O)C23C[C@H]4C[C@@H](CC(O)(C4)C2)C3)c1. The highest BCUT2D eigenvalue weighted by atomic mass is 16.3. The van der Waals surface area contributed by atoms with Crippen LogP contribution in [0.1, 0.15) is 44.1 Å². The van der Waals surface area contributed by atoms with Gasteiger partial charge in [0, 0.05) is 6.20 Å². The molecule has 4 fully saturated rings. The van der Waals surface area contributed by atoms with Crippen LogP contribution in [0, 0.1) is 24.2 Å². The molecule has 0 unspecified atom stereocenters. The van der Waals surface area contributed by atoms with Gasteiger partial charge in [0.2, 0.25) is 5.91 Å². The van der Waals surface area contributed by atoms with Gasteiger partial charge >= 0.3 is 0 Å². The lowest BCUT2D eigenvalue weighted by Gasteiger charge is -2.59. The molecule has 4 aliphatic carbocycles. The zero-order valence-corrected chi connectivity index (χ0v) is 12.4. The number of pyridine rings is 1. The van der Waals surface area contributed by atoms with Crippen molar-refractivity contribution >= 4 is 11.7 Å². The van der Waals surface area contributed by atoms with Crippen molar-refractivity contribution in [2.24, 2.45) is 17.3 Å². The smallest absolute Gasteiger partial charge is 0.231 e. The highest BCUT2D eigenvalue weighted by molar-refractivity contribution is 5.95. The average Bonchev–Trinajstić information content (AvgIpc) is 2.35. The number of amides is 1. The lowest BCUT2D eigenvalue weighted by Crippen LogP contribution is -2.59. The molecule has 2 N–H and O–H groups in total. The van der Waals surface area contributed by atoms with Crippen LogP contribution in [0.25, 0.3) is 0 Å². The first-order chi connectivity index (χ1) is 9.96. The highest BCUT2D eigenvalue weighted by Gasteiger charge is 2.60. The first kappa shape index (κ1) is 13.3. The van der Waals surface area contributed by atoms with Gasteiger partial charge in [-0.05, 0) is 75.0 Å². The Morgan fingerprint density at radius 3 is 2.67 bits per heavy atom. The predicted molar refractivity (Wildman–Crippen MR) is 79.7 cm³/mol. The van der Waals surface area contributed by atoms with Crippen LogP contribution in [0.5, 0.6) is 0 Å². The third-order valence-electron chi connectivity index (χ3n) is 5.67. The van der Waals surface area contributed by atoms with Gasteiger partial charge in [0.1, 0.15) is 5.82 Å². The Balaban J connectivity index is 1.59. The third-order valence-corrected chi connectivity index (χ3v) is 5.67. The molecule has 112 valence electrons. The number of aromatic nitrogens is 1. The maximum Gasteiger partial charge on any atom is 0.231 e. The van der Waals surface area contributed by atoms with Gasteiger partial charge in [-0.25, -0.2) is 4.98 Å². The van der Waals surface area contributed by atoms with Crippen molar-refractivity contribution in [3.63, 3.8) is 0 Å². The molecule has 4 heteroatoms. The van der Waals surface area contributed by atoms with Crippen LogP contribution in [-0.4, -0.2) is 21.6 Å². The van der Waals surface area contributed by atoms with E-state index in [0.717, 1.165) is 31.2 Å². The molecular weight excluding hydrogens is 264 g/mol. The second kappa shape index (κ2) is 4.29. The summed E-state index contributed by atoms with van der Waals surface area (Å²) in [4.78, 5) is 17.1. The van der Waals surface area contributed by atoms with E-state index in [-0.39, 0.29) is 11.3 Å². The highest BCUT2D eigenvalue weighted by Crippen LogP contribution is 2.61. The number of aryl methyl sites for hydroxylation is 1. The monoisotopic (exact) mass is 286 g/mol. The number of nitrogens with zero attached hydrogens (tertiary/aromatic N) is 1. The van der Waals surface area contributed by atoms with Gasteiger partial charge in [-0.2, -0.15) is 0 Å². The van der Waals surface area contributed by atoms with E-state index in [0.29, 0.717) is 24.1 Å². The van der Waals surface area contributed by atoms with E-state index in [2.05, 4.69) is 10.3 Å².